The van der Waals surface area contributed by atoms with Crippen LogP contribution in [-0.2, 0) is 0 Å². The summed E-state index contributed by atoms with van der Waals surface area (Å²) in [5, 5.41) is 5.87. The lowest BCUT2D eigenvalue weighted by Crippen LogP contribution is -2.37. The summed E-state index contributed by atoms with van der Waals surface area (Å²) in [5.74, 6) is 1.67. The number of nitrogens with zero attached hydrogens (tertiary/aromatic N) is 1. The third-order valence-electron chi connectivity index (χ3n) is 5.83. The Balaban J connectivity index is 1.51. The normalized spacial score (nSPS) is 14.1. The molecule has 1 aliphatic heterocycles. The third-order valence-corrected chi connectivity index (χ3v) is 6.66. The Morgan fingerprint density at radius 2 is 1.76 bits per heavy atom. The van der Waals surface area contributed by atoms with Crippen molar-refractivity contribution in [1.82, 2.24) is 10.2 Å². The molecule has 34 heavy (non-hydrogen) atoms. The van der Waals surface area contributed by atoms with Gasteiger partial charge in [-0.25, -0.2) is 0 Å². The van der Waals surface area contributed by atoms with Gasteiger partial charge < -0.3 is 15.0 Å². The highest BCUT2D eigenvalue weighted by molar-refractivity contribution is 9.10. The number of piperidine rings is 1. The maximum Gasteiger partial charge on any atom is 0.257 e. The Hall–Kier alpha value is -2.45. The molecule has 1 fully saturated rings. The second kappa shape index (κ2) is 12.3. The summed E-state index contributed by atoms with van der Waals surface area (Å²) in [4.78, 5) is 27.2. The van der Waals surface area contributed by atoms with E-state index in [4.69, 9.17) is 17.0 Å². The number of rotatable bonds is 7. The standard InChI is InChI=1S/C26H32BrN3O3S/c1-17(2)12-15-33-23-9-6-20(16-22(23)27)24(31)29-26(34)28-21-7-4-19(5-8-21)25(32)30-13-10-18(3)11-14-30/h4-9,16-18H,10-15H2,1-3H3,(H2,28,29,31,34). The number of nitrogens with one attached hydrogen (secondary N) is 2. The Bertz CT molecular complexity index is 1020. The molecule has 2 amide bonds. The molecule has 6 nitrogen and oxygen atoms in total. The molecule has 0 aliphatic carbocycles. The van der Waals surface area contributed by atoms with Gasteiger partial charge in [-0.2, -0.15) is 0 Å². The highest BCUT2D eigenvalue weighted by Crippen LogP contribution is 2.26. The molecule has 3 rings (SSSR count). The predicted molar refractivity (Wildman–Crippen MR) is 144 cm³/mol. The highest BCUT2D eigenvalue weighted by atomic mass is 79.9. The lowest BCUT2D eigenvalue weighted by molar-refractivity contribution is 0.0697. The van der Waals surface area contributed by atoms with E-state index in [1.54, 1.807) is 42.5 Å². The van der Waals surface area contributed by atoms with Crippen molar-refractivity contribution in [3.63, 3.8) is 0 Å². The van der Waals surface area contributed by atoms with Crippen molar-refractivity contribution in [3.8, 4) is 5.75 Å². The van der Waals surface area contributed by atoms with Gasteiger partial charge in [-0.15, -0.1) is 0 Å². The lowest BCUT2D eigenvalue weighted by atomic mass is 9.98. The van der Waals surface area contributed by atoms with Gasteiger partial charge in [0.05, 0.1) is 11.1 Å². The van der Waals surface area contributed by atoms with Crippen LogP contribution in [0.4, 0.5) is 5.69 Å². The van der Waals surface area contributed by atoms with E-state index < -0.39 is 0 Å². The summed E-state index contributed by atoms with van der Waals surface area (Å²) in [6, 6.07) is 12.3. The fraction of sp³-hybridized carbons (Fsp3) is 0.423. The monoisotopic (exact) mass is 545 g/mol. The highest BCUT2D eigenvalue weighted by Gasteiger charge is 2.21. The van der Waals surface area contributed by atoms with Crippen molar-refractivity contribution in [2.24, 2.45) is 11.8 Å². The smallest absolute Gasteiger partial charge is 0.257 e. The minimum absolute atomic E-state index is 0.0524. The molecule has 0 unspecified atom stereocenters. The first-order valence-electron chi connectivity index (χ1n) is 11.7. The fourth-order valence-corrected chi connectivity index (χ4v) is 4.30. The predicted octanol–water partition coefficient (Wildman–Crippen LogP) is 5.87. The van der Waals surface area contributed by atoms with Crippen molar-refractivity contribution in [1.29, 1.82) is 0 Å². The van der Waals surface area contributed by atoms with E-state index in [1.165, 1.54) is 0 Å². The number of carbonyl (C=O) groups is 2. The van der Waals surface area contributed by atoms with Gasteiger partial charge in [-0.05, 0) is 102 Å². The third kappa shape index (κ3) is 7.53. The largest absolute Gasteiger partial charge is 0.492 e. The van der Waals surface area contributed by atoms with Crippen LogP contribution in [0.25, 0.3) is 0 Å². The Morgan fingerprint density at radius 3 is 2.38 bits per heavy atom. The molecule has 0 spiro atoms. The first kappa shape index (κ1) is 26.2. The molecule has 0 atom stereocenters. The minimum Gasteiger partial charge on any atom is -0.492 e. The van der Waals surface area contributed by atoms with Gasteiger partial charge >= 0.3 is 0 Å². The lowest BCUT2D eigenvalue weighted by Gasteiger charge is -2.30. The van der Waals surface area contributed by atoms with E-state index >= 15 is 0 Å². The zero-order chi connectivity index (χ0) is 24.7. The number of likely N-dealkylation sites (tertiary alicyclic amines) is 1. The first-order chi connectivity index (χ1) is 16.2. The number of carbonyl (C=O) groups excluding carboxylic acids is 2. The van der Waals surface area contributed by atoms with Gasteiger partial charge in [-0.1, -0.05) is 20.8 Å². The minimum atomic E-state index is -0.321. The Labute approximate surface area is 215 Å². The molecule has 1 heterocycles. The Kier molecular flexibility index (Phi) is 9.47. The SMILES string of the molecule is CC(C)CCOc1ccc(C(=O)NC(=S)Nc2ccc(C(=O)N3CCC(C)CC3)cc2)cc1Br. The van der Waals surface area contributed by atoms with Gasteiger partial charge in [0.2, 0.25) is 0 Å². The maximum absolute atomic E-state index is 12.7. The number of ether oxygens (including phenoxy) is 1. The van der Waals surface area contributed by atoms with Crippen LogP contribution in [-0.4, -0.2) is 41.5 Å². The molecular weight excluding hydrogens is 514 g/mol. The van der Waals surface area contributed by atoms with Crippen molar-refractivity contribution < 1.29 is 14.3 Å². The van der Waals surface area contributed by atoms with E-state index in [2.05, 4.69) is 47.3 Å². The molecule has 0 radical (unpaired) electrons. The molecule has 8 heteroatoms. The Morgan fingerprint density at radius 1 is 1.12 bits per heavy atom. The second-order valence-electron chi connectivity index (χ2n) is 9.14. The van der Waals surface area contributed by atoms with Crippen LogP contribution in [0.5, 0.6) is 5.75 Å². The van der Waals surface area contributed by atoms with E-state index in [0.29, 0.717) is 45.5 Å². The summed E-state index contributed by atoms with van der Waals surface area (Å²) in [5.41, 5.74) is 1.81. The van der Waals surface area contributed by atoms with Gasteiger partial charge in [0, 0.05) is 29.9 Å². The molecule has 2 N–H and O–H groups in total. The van der Waals surface area contributed by atoms with E-state index in [0.717, 1.165) is 32.4 Å². The first-order valence-corrected chi connectivity index (χ1v) is 12.9. The van der Waals surface area contributed by atoms with Crippen molar-refractivity contribution in [2.75, 3.05) is 25.0 Å². The van der Waals surface area contributed by atoms with Crippen LogP contribution in [0.15, 0.2) is 46.9 Å². The number of hydrogen-bond acceptors (Lipinski definition) is 4. The van der Waals surface area contributed by atoms with Crippen LogP contribution in [0.3, 0.4) is 0 Å². The summed E-state index contributed by atoms with van der Waals surface area (Å²) in [6.07, 6.45) is 3.05. The van der Waals surface area contributed by atoms with Gasteiger partial charge in [-0.3, -0.25) is 14.9 Å². The molecule has 0 aromatic heterocycles. The van der Waals surface area contributed by atoms with Crippen LogP contribution in [0.2, 0.25) is 0 Å². The van der Waals surface area contributed by atoms with E-state index in [1.807, 2.05) is 4.90 Å². The molecule has 1 saturated heterocycles. The molecule has 2 aromatic carbocycles. The number of hydrogen-bond donors (Lipinski definition) is 2. The van der Waals surface area contributed by atoms with E-state index in [-0.39, 0.29) is 16.9 Å². The molecule has 2 aromatic rings. The zero-order valence-corrected chi connectivity index (χ0v) is 22.3. The van der Waals surface area contributed by atoms with Crippen molar-refractivity contribution in [2.45, 2.75) is 40.0 Å². The molecule has 0 bridgehead atoms. The number of benzene rings is 2. The van der Waals surface area contributed by atoms with Crippen molar-refractivity contribution in [3.05, 3.63) is 58.1 Å². The quantitative estimate of drug-likeness (QED) is 0.425. The summed E-state index contributed by atoms with van der Waals surface area (Å²) >= 11 is 8.76. The summed E-state index contributed by atoms with van der Waals surface area (Å²) in [6.45, 7) is 8.74. The second-order valence-corrected chi connectivity index (χ2v) is 10.4. The topological polar surface area (TPSA) is 70.7 Å². The summed E-state index contributed by atoms with van der Waals surface area (Å²) < 4.78 is 6.48. The molecule has 0 saturated carbocycles. The number of thiocarbonyl (C=S) groups is 1. The average Bonchev–Trinajstić information content (AvgIpc) is 2.80. The van der Waals surface area contributed by atoms with Crippen LogP contribution in [0.1, 0.15) is 60.7 Å². The molecule has 182 valence electrons. The van der Waals surface area contributed by atoms with Crippen LogP contribution < -0.4 is 15.4 Å². The van der Waals surface area contributed by atoms with Gasteiger partial charge in [0.15, 0.2) is 5.11 Å². The van der Waals surface area contributed by atoms with Crippen LogP contribution >= 0.6 is 28.1 Å². The molecular formula is C26H32BrN3O3S. The van der Waals surface area contributed by atoms with Gasteiger partial charge in [0.25, 0.3) is 11.8 Å². The summed E-state index contributed by atoms with van der Waals surface area (Å²) in [7, 11) is 0. The van der Waals surface area contributed by atoms with Crippen LogP contribution in [0, 0.1) is 11.8 Å². The fourth-order valence-electron chi connectivity index (χ4n) is 3.59. The number of halogens is 1. The number of amides is 2. The van der Waals surface area contributed by atoms with E-state index in [9.17, 15) is 9.59 Å². The molecule has 1 aliphatic rings. The average molecular weight is 547 g/mol. The number of anilines is 1. The zero-order valence-electron chi connectivity index (χ0n) is 19.9. The van der Waals surface area contributed by atoms with Crippen molar-refractivity contribution >= 4 is 50.8 Å². The maximum atomic E-state index is 12.7. The van der Waals surface area contributed by atoms with Gasteiger partial charge in [0.1, 0.15) is 5.75 Å².